The van der Waals surface area contributed by atoms with E-state index in [1.807, 2.05) is 11.0 Å². The van der Waals surface area contributed by atoms with E-state index in [2.05, 4.69) is 15.1 Å². The third-order valence-corrected chi connectivity index (χ3v) is 5.47. The van der Waals surface area contributed by atoms with Crippen LogP contribution >= 0.6 is 0 Å². The predicted octanol–water partition coefficient (Wildman–Crippen LogP) is 1.66. The molecule has 0 bridgehead atoms. The topological polar surface area (TPSA) is 143 Å². The van der Waals surface area contributed by atoms with Crippen molar-refractivity contribution in [2.75, 3.05) is 37.7 Å². The Labute approximate surface area is 193 Å². The molecule has 12 nitrogen and oxygen atoms in total. The van der Waals surface area contributed by atoms with Crippen LogP contribution in [0, 0.1) is 18.3 Å². The molecule has 0 spiro atoms. The molecule has 0 atom stereocenters. The molecule has 0 radical (unpaired) electrons. The maximum Gasteiger partial charge on any atom is 0.344 e. The average Bonchev–Trinajstić information content (AvgIpc) is 3.60. The number of carbonyl (C=O) groups is 2. The number of furan rings is 1. The molecule has 1 fully saturated rings. The van der Waals surface area contributed by atoms with Gasteiger partial charge in [-0.2, -0.15) is 15.3 Å². The zero-order chi connectivity index (χ0) is 23.7. The fraction of sp³-hybridized carbons (Fsp3) is 0.273. The highest BCUT2D eigenvalue weighted by Gasteiger charge is 2.28. The van der Waals surface area contributed by atoms with Crippen LogP contribution in [0.15, 0.2) is 45.7 Å². The third-order valence-electron chi connectivity index (χ3n) is 5.47. The molecule has 12 heteroatoms. The van der Waals surface area contributed by atoms with Gasteiger partial charge in [-0.25, -0.2) is 14.3 Å². The van der Waals surface area contributed by atoms with Crippen molar-refractivity contribution in [1.29, 1.82) is 5.26 Å². The van der Waals surface area contributed by atoms with Crippen LogP contribution in [0.2, 0.25) is 0 Å². The first kappa shape index (κ1) is 21.2. The molecule has 1 amide bonds. The van der Waals surface area contributed by atoms with Crippen LogP contribution in [0.5, 0.6) is 0 Å². The Morgan fingerprint density at radius 3 is 2.79 bits per heavy atom. The van der Waals surface area contributed by atoms with E-state index >= 15 is 0 Å². The largest absolute Gasteiger partial charge is 0.459 e. The van der Waals surface area contributed by atoms with E-state index in [-0.39, 0.29) is 23.1 Å². The fourth-order valence-electron chi connectivity index (χ4n) is 3.79. The van der Waals surface area contributed by atoms with Gasteiger partial charge in [-0.1, -0.05) is 0 Å². The molecule has 5 heterocycles. The van der Waals surface area contributed by atoms with Crippen molar-refractivity contribution in [2.45, 2.75) is 6.92 Å². The summed E-state index contributed by atoms with van der Waals surface area (Å²) in [4.78, 5) is 37.0. The number of aryl methyl sites for hydroxylation is 1. The highest BCUT2D eigenvalue weighted by Crippen LogP contribution is 2.29. The predicted molar refractivity (Wildman–Crippen MR) is 116 cm³/mol. The van der Waals surface area contributed by atoms with Crippen LogP contribution in [-0.2, 0) is 9.53 Å². The summed E-state index contributed by atoms with van der Waals surface area (Å²) in [5.74, 6) is 0.0198. The SMILES string of the molecule is Cc1nn2cccnc2c1C(=O)OCC(=O)N1CCN(c2oc(-c3ccco3)nc2C#N)CC1. The van der Waals surface area contributed by atoms with Crippen molar-refractivity contribution < 1.29 is 23.2 Å². The molecule has 1 saturated heterocycles. The van der Waals surface area contributed by atoms with Crippen molar-refractivity contribution in [3.05, 3.63) is 53.8 Å². The maximum atomic E-state index is 12.6. The van der Waals surface area contributed by atoms with E-state index in [0.717, 1.165) is 0 Å². The van der Waals surface area contributed by atoms with Gasteiger partial charge >= 0.3 is 5.97 Å². The van der Waals surface area contributed by atoms with Gasteiger partial charge in [0, 0.05) is 38.6 Å². The van der Waals surface area contributed by atoms with E-state index in [1.165, 1.54) is 10.8 Å². The molecule has 4 aromatic rings. The Morgan fingerprint density at radius 2 is 2.06 bits per heavy atom. The van der Waals surface area contributed by atoms with Gasteiger partial charge in [0.15, 0.2) is 18.0 Å². The lowest BCUT2D eigenvalue weighted by Gasteiger charge is -2.34. The zero-order valence-electron chi connectivity index (χ0n) is 18.2. The van der Waals surface area contributed by atoms with Gasteiger partial charge in [0.05, 0.1) is 12.0 Å². The second-order valence-corrected chi connectivity index (χ2v) is 7.55. The minimum Gasteiger partial charge on any atom is -0.459 e. The summed E-state index contributed by atoms with van der Waals surface area (Å²) in [6, 6.07) is 7.13. The van der Waals surface area contributed by atoms with Gasteiger partial charge in [0.1, 0.15) is 11.6 Å². The van der Waals surface area contributed by atoms with Crippen LogP contribution in [0.3, 0.4) is 0 Å². The summed E-state index contributed by atoms with van der Waals surface area (Å²) in [6.45, 7) is 2.89. The number of anilines is 1. The normalized spacial score (nSPS) is 13.8. The molecular formula is C22H19N7O5. The number of fused-ring (bicyclic) bond motifs is 1. The Bertz CT molecular complexity index is 1390. The number of oxazole rings is 1. The zero-order valence-corrected chi connectivity index (χ0v) is 18.2. The van der Waals surface area contributed by atoms with Gasteiger partial charge in [-0.05, 0) is 25.1 Å². The van der Waals surface area contributed by atoms with E-state index in [9.17, 15) is 14.9 Å². The van der Waals surface area contributed by atoms with Gasteiger partial charge in [-0.15, -0.1) is 0 Å². The first-order valence-corrected chi connectivity index (χ1v) is 10.5. The first-order valence-electron chi connectivity index (χ1n) is 10.5. The number of nitriles is 1. The smallest absolute Gasteiger partial charge is 0.344 e. The number of esters is 1. The summed E-state index contributed by atoms with van der Waals surface area (Å²) in [5.41, 5.74) is 1.23. The quantitative estimate of drug-likeness (QED) is 0.403. The molecule has 1 aliphatic rings. The van der Waals surface area contributed by atoms with E-state index in [4.69, 9.17) is 13.6 Å². The second kappa shape index (κ2) is 8.70. The Hall–Kier alpha value is -4.66. The lowest BCUT2D eigenvalue weighted by Crippen LogP contribution is -2.50. The average molecular weight is 461 g/mol. The van der Waals surface area contributed by atoms with Crippen LogP contribution in [0.4, 0.5) is 5.88 Å². The van der Waals surface area contributed by atoms with Crippen LogP contribution in [0.25, 0.3) is 17.3 Å². The lowest BCUT2D eigenvalue weighted by molar-refractivity contribution is -0.134. The number of nitrogens with zero attached hydrogens (tertiary/aromatic N) is 7. The van der Waals surface area contributed by atoms with Crippen molar-refractivity contribution >= 4 is 23.4 Å². The van der Waals surface area contributed by atoms with Gasteiger partial charge in [-0.3, -0.25) is 4.79 Å². The van der Waals surface area contributed by atoms with Crippen molar-refractivity contribution in [1.82, 2.24) is 24.5 Å². The molecule has 172 valence electrons. The molecule has 4 aromatic heterocycles. The molecule has 1 aliphatic heterocycles. The Kier molecular flexibility index (Phi) is 5.43. The van der Waals surface area contributed by atoms with Crippen molar-refractivity contribution in [3.63, 3.8) is 0 Å². The molecule has 34 heavy (non-hydrogen) atoms. The summed E-state index contributed by atoms with van der Waals surface area (Å²) in [5, 5.41) is 13.7. The number of hydrogen-bond acceptors (Lipinski definition) is 10. The van der Waals surface area contributed by atoms with Crippen molar-refractivity contribution in [3.8, 4) is 17.7 Å². The van der Waals surface area contributed by atoms with E-state index < -0.39 is 12.6 Å². The number of rotatable bonds is 5. The van der Waals surface area contributed by atoms with Crippen molar-refractivity contribution in [2.24, 2.45) is 0 Å². The molecule has 0 N–H and O–H groups in total. The molecule has 0 aromatic carbocycles. The van der Waals surface area contributed by atoms with Gasteiger partial charge < -0.3 is 23.4 Å². The monoisotopic (exact) mass is 461 g/mol. The maximum absolute atomic E-state index is 12.6. The summed E-state index contributed by atoms with van der Waals surface area (Å²) in [6.07, 6.45) is 4.73. The molecule has 5 rings (SSSR count). The van der Waals surface area contributed by atoms with E-state index in [0.29, 0.717) is 49.2 Å². The fourth-order valence-corrected chi connectivity index (χ4v) is 3.79. The number of piperazine rings is 1. The number of ether oxygens (including phenoxy) is 1. The molecule has 0 saturated carbocycles. The first-order chi connectivity index (χ1) is 16.5. The number of amides is 1. The third kappa shape index (κ3) is 3.83. The van der Waals surface area contributed by atoms with Crippen LogP contribution < -0.4 is 4.90 Å². The Morgan fingerprint density at radius 1 is 1.24 bits per heavy atom. The number of aromatic nitrogens is 4. The summed E-state index contributed by atoms with van der Waals surface area (Å²) >= 11 is 0. The molecule has 0 aliphatic carbocycles. The summed E-state index contributed by atoms with van der Waals surface area (Å²) in [7, 11) is 0. The number of carbonyl (C=O) groups excluding carboxylic acids is 2. The van der Waals surface area contributed by atoms with Gasteiger partial charge in [0.2, 0.25) is 11.6 Å². The van der Waals surface area contributed by atoms with Crippen LogP contribution in [-0.4, -0.2) is 69.1 Å². The Balaban J connectivity index is 1.19. The number of hydrogen-bond donors (Lipinski definition) is 0. The van der Waals surface area contributed by atoms with E-state index in [1.54, 1.807) is 42.4 Å². The second-order valence-electron chi connectivity index (χ2n) is 7.55. The minimum atomic E-state index is -0.649. The minimum absolute atomic E-state index is 0.150. The van der Waals surface area contributed by atoms with Crippen LogP contribution in [0.1, 0.15) is 21.7 Å². The highest BCUT2D eigenvalue weighted by molar-refractivity contribution is 5.98. The van der Waals surface area contributed by atoms with Gasteiger partial charge in [0.25, 0.3) is 11.8 Å². The highest BCUT2D eigenvalue weighted by atomic mass is 16.5. The molecular weight excluding hydrogens is 442 g/mol. The standard InChI is InChI=1S/C22H19N7O5/c1-14-18(19-24-5-3-6-29(19)26-14)22(31)33-13-17(30)27-7-9-28(10-8-27)21-15(12-23)25-20(34-21)16-4-2-11-32-16/h2-6,11H,7-10,13H2,1H3. The lowest BCUT2D eigenvalue weighted by atomic mass is 10.2. The molecule has 0 unspecified atom stereocenters. The summed E-state index contributed by atoms with van der Waals surface area (Å²) < 4.78 is 17.8.